The number of aromatic nitrogens is 4. The van der Waals surface area contributed by atoms with Crippen LogP contribution in [0, 0.1) is 20.8 Å². The van der Waals surface area contributed by atoms with Crippen molar-refractivity contribution in [2.75, 3.05) is 0 Å². The summed E-state index contributed by atoms with van der Waals surface area (Å²) in [5.74, 6) is 1.73. The monoisotopic (exact) mass is 372 g/mol. The van der Waals surface area contributed by atoms with E-state index in [9.17, 15) is 0 Å². The summed E-state index contributed by atoms with van der Waals surface area (Å²) in [6.45, 7) is 10.6. The van der Waals surface area contributed by atoms with Gasteiger partial charge < -0.3 is 4.74 Å². The van der Waals surface area contributed by atoms with Crippen molar-refractivity contribution in [1.29, 1.82) is 0 Å². The number of fused-ring (bicyclic) bond motifs is 1. The SMILES string of the molecule is Cc1cc(Oc2ncnc3c2cnn3-c2ccc(C)c(C)c2)cc(C(C)C)c1. The molecule has 142 valence electrons. The molecule has 0 aliphatic rings. The Labute approximate surface area is 165 Å². The average Bonchev–Trinajstić information content (AvgIpc) is 3.09. The zero-order valence-electron chi connectivity index (χ0n) is 16.9. The van der Waals surface area contributed by atoms with E-state index in [0.29, 0.717) is 11.8 Å². The van der Waals surface area contributed by atoms with Crippen LogP contribution >= 0.6 is 0 Å². The first-order valence-electron chi connectivity index (χ1n) is 9.48. The van der Waals surface area contributed by atoms with Gasteiger partial charge in [-0.2, -0.15) is 5.10 Å². The van der Waals surface area contributed by atoms with E-state index in [1.54, 1.807) is 6.20 Å². The van der Waals surface area contributed by atoms with Gasteiger partial charge in [0.2, 0.25) is 5.88 Å². The summed E-state index contributed by atoms with van der Waals surface area (Å²) in [5, 5.41) is 5.32. The van der Waals surface area contributed by atoms with Gasteiger partial charge in [-0.05, 0) is 73.2 Å². The largest absolute Gasteiger partial charge is 0.438 e. The third-order valence-electron chi connectivity index (χ3n) is 5.02. The van der Waals surface area contributed by atoms with Gasteiger partial charge in [0.15, 0.2) is 5.65 Å². The normalized spacial score (nSPS) is 11.4. The summed E-state index contributed by atoms with van der Waals surface area (Å²) >= 11 is 0. The Balaban J connectivity index is 1.76. The second-order valence-corrected chi connectivity index (χ2v) is 7.58. The van der Waals surface area contributed by atoms with Gasteiger partial charge in [0.1, 0.15) is 17.5 Å². The fraction of sp³-hybridized carbons (Fsp3) is 0.261. The molecular weight excluding hydrogens is 348 g/mol. The van der Waals surface area contributed by atoms with Crippen molar-refractivity contribution in [2.24, 2.45) is 0 Å². The minimum atomic E-state index is 0.431. The third kappa shape index (κ3) is 3.36. The van der Waals surface area contributed by atoms with Crippen LogP contribution in [0.5, 0.6) is 11.6 Å². The Kier molecular flexibility index (Phi) is 4.59. The lowest BCUT2D eigenvalue weighted by Crippen LogP contribution is -1.99. The van der Waals surface area contributed by atoms with Crippen molar-refractivity contribution in [1.82, 2.24) is 19.7 Å². The number of aryl methyl sites for hydroxylation is 3. The van der Waals surface area contributed by atoms with Gasteiger partial charge in [0.25, 0.3) is 0 Å². The van der Waals surface area contributed by atoms with E-state index in [4.69, 9.17) is 4.74 Å². The maximum absolute atomic E-state index is 6.15. The topological polar surface area (TPSA) is 52.8 Å². The lowest BCUT2D eigenvalue weighted by Gasteiger charge is -2.11. The van der Waals surface area contributed by atoms with Crippen LogP contribution < -0.4 is 4.74 Å². The summed E-state index contributed by atoms with van der Waals surface area (Å²) in [7, 11) is 0. The number of hydrogen-bond acceptors (Lipinski definition) is 4. The average molecular weight is 372 g/mol. The molecule has 5 nitrogen and oxygen atoms in total. The lowest BCUT2D eigenvalue weighted by molar-refractivity contribution is 0.466. The molecule has 0 bridgehead atoms. The van der Waals surface area contributed by atoms with Crippen LogP contribution in [0.3, 0.4) is 0 Å². The van der Waals surface area contributed by atoms with Gasteiger partial charge >= 0.3 is 0 Å². The highest BCUT2D eigenvalue weighted by atomic mass is 16.5. The number of benzene rings is 2. The van der Waals surface area contributed by atoms with Gasteiger partial charge in [-0.3, -0.25) is 0 Å². The first-order valence-corrected chi connectivity index (χ1v) is 9.48. The second kappa shape index (κ2) is 7.08. The number of rotatable bonds is 4. The Bertz CT molecular complexity index is 1160. The van der Waals surface area contributed by atoms with Crippen molar-refractivity contribution in [3.8, 4) is 17.3 Å². The molecule has 0 aliphatic heterocycles. The van der Waals surface area contributed by atoms with Gasteiger partial charge in [-0.25, -0.2) is 14.6 Å². The van der Waals surface area contributed by atoms with Gasteiger partial charge in [-0.1, -0.05) is 26.0 Å². The van der Waals surface area contributed by atoms with Crippen LogP contribution in [0.15, 0.2) is 48.9 Å². The zero-order valence-corrected chi connectivity index (χ0v) is 16.9. The van der Waals surface area contributed by atoms with Crippen LogP contribution in [0.2, 0.25) is 0 Å². The molecule has 0 N–H and O–H groups in total. The van der Waals surface area contributed by atoms with Gasteiger partial charge in [0, 0.05) is 0 Å². The van der Waals surface area contributed by atoms with E-state index in [0.717, 1.165) is 28.0 Å². The molecule has 2 heterocycles. The Morgan fingerprint density at radius 1 is 0.929 bits per heavy atom. The Morgan fingerprint density at radius 3 is 2.50 bits per heavy atom. The van der Waals surface area contributed by atoms with Crippen LogP contribution in [0.4, 0.5) is 0 Å². The van der Waals surface area contributed by atoms with Crippen LogP contribution in [-0.2, 0) is 0 Å². The molecule has 0 unspecified atom stereocenters. The minimum Gasteiger partial charge on any atom is -0.438 e. The predicted molar refractivity (Wildman–Crippen MR) is 111 cm³/mol. The molecule has 2 aromatic heterocycles. The molecule has 4 rings (SSSR count). The third-order valence-corrected chi connectivity index (χ3v) is 5.02. The molecule has 4 aromatic rings. The molecule has 0 atom stereocenters. The van der Waals surface area contributed by atoms with Crippen molar-refractivity contribution in [3.05, 3.63) is 71.2 Å². The maximum atomic E-state index is 6.15. The van der Waals surface area contributed by atoms with Crippen LogP contribution in [0.25, 0.3) is 16.7 Å². The molecule has 0 aliphatic carbocycles. The highest BCUT2D eigenvalue weighted by molar-refractivity contribution is 5.81. The zero-order chi connectivity index (χ0) is 19.8. The fourth-order valence-corrected chi connectivity index (χ4v) is 3.23. The molecule has 0 spiro atoms. The highest BCUT2D eigenvalue weighted by Gasteiger charge is 2.14. The Hall–Kier alpha value is -3.21. The number of nitrogens with zero attached hydrogens (tertiary/aromatic N) is 4. The molecule has 28 heavy (non-hydrogen) atoms. The predicted octanol–water partition coefficient (Wildman–Crippen LogP) is 5.66. The maximum Gasteiger partial charge on any atom is 0.233 e. The van der Waals surface area contributed by atoms with E-state index in [1.807, 2.05) is 16.8 Å². The summed E-state index contributed by atoms with van der Waals surface area (Å²) in [6, 6.07) is 12.5. The molecule has 0 amide bonds. The first kappa shape index (κ1) is 18.2. The quantitative estimate of drug-likeness (QED) is 0.464. The summed E-state index contributed by atoms with van der Waals surface area (Å²) in [6.07, 6.45) is 3.29. The molecule has 0 radical (unpaired) electrons. The van der Waals surface area contributed by atoms with Crippen LogP contribution in [-0.4, -0.2) is 19.7 Å². The van der Waals surface area contributed by atoms with Gasteiger partial charge in [0.05, 0.1) is 11.9 Å². The summed E-state index contributed by atoms with van der Waals surface area (Å²) < 4.78 is 7.98. The lowest BCUT2D eigenvalue weighted by atomic mass is 10.0. The smallest absolute Gasteiger partial charge is 0.233 e. The van der Waals surface area contributed by atoms with Gasteiger partial charge in [-0.15, -0.1) is 0 Å². The van der Waals surface area contributed by atoms with Crippen molar-refractivity contribution >= 4 is 11.0 Å². The Morgan fingerprint density at radius 2 is 1.75 bits per heavy atom. The summed E-state index contributed by atoms with van der Waals surface area (Å²) in [5.41, 5.74) is 6.57. The molecule has 0 fully saturated rings. The first-order chi connectivity index (χ1) is 13.4. The van der Waals surface area contributed by atoms with E-state index < -0.39 is 0 Å². The standard InChI is InChI=1S/C23H24N4O/c1-14(2)18-8-15(3)9-20(11-18)28-23-21-12-26-27(22(21)24-13-25-23)19-7-6-16(4)17(5)10-19/h6-14H,1-5H3. The van der Waals surface area contributed by atoms with Crippen molar-refractivity contribution in [3.63, 3.8) is 0 Å². The van der Waals surface area contributed by atoms with Crippen LogP contribution in [0.1, 0.15) is 42.0 Å². The van der Waals surface area contributed by atoms with E-state index in [2.05, 4.69) is 74.0 Å². The minimum absolute atomic E-state index is 0.431. The molecule has 0 saturated carbocycles. The summed E-state index contributed by atoms with van der Waals surface area (Å²) in [4.78, 5) is 8.80. The van der Waals surface area contributed by atoms with Crippen molar-refractivity contribution in [2.45, 2.75) is 40.5 Å². The second-order valence-electron chi connectivity index (χ2n) is 7.58. The van der Waals surface area contributed by atoms with E-state index in [-0.39, 0.29) is 0 Å². The number of hydrogen-bond donors (Lipinski definition) is 0. The van der Waals surface area contributed by atoms with E-state index >= 15 is 0 Å². The molecular formula is C23H24N4O. The molecule has 0 saturated heterocycles. The fourth-order valence-electron chi connectivity index (χ4n) is 3.23. The number of ether oxygens (including phenoxy) is 1. The molecule has 5 heteroatoms. The van der Waals surface area contributed by atoms with E-state index in [1.165, 1.54) is 23.0 Å². The highest BCUT2D eigenvalue weighted by Crippen LogP contribution is 2.30. The van der Waals surface area contributed by atoms with Crippen molar-refractivity contribution < 1.29 is 4.74 Å². The molecule has 2 aromatic carbocycles.